The van der Waals surface area contributed by atoms with Gasteiger partial charge in [0.1, 0.15) is 0 Å². The van der Waals surface area contributed by atoms with Gasteiger partial charge in [-0.25, -0.2) is 0 Å². The molecule has 2 fully saturated rings. The lowest BCUT2D eigenvalue weighted by molar-refractivity contribution is 0.103. The van der Waals surface area contributed by atoms with E-state index in [9.17, 15) is 0 Å². The zero-order chi connectivity index (χ0) is 6.27. The van der Waals surface area contributed by atoms with Crippen molar-refractivity contribution >= 4 is 0 Å². The maximum Gasteiger partial charge on any atom is 0.0235 e. The summed E-state index contributed by atoms with van der Waals surface area (Å²) in [5.74, 6) is 1.01. The minimum absolute atomic E-state index is 0.837. The molecule has 2 heterocycles. The average molecular weight is 126 g/mol. The molecule has 0 bridgehead atoms. The predicted octanol–water partition coefficient (Wildman–Crippen LogP) is -0.0901. The van der Waals surface area contributed by atoms with Crippen molar-refractivity contribution in [2.24, 2.45) is 5.92 Å². The molecule has 0 saturated carbocycles. The van der Waals surface area contributed by atoms with Crippen molar-refractivity contribution in [3.63, 3.8) is 0 Å². The van der Waals surface area contributed by atoms with Gasteiger partial charge in [0.2, 0.25) is 0 Å². The van der Waals surface area contributed by atoms with Crippen LogP contribution >= 0.6 is 0 Å². The maximum absolute atomic E-state index is 3.44. The van der Waals surface area contributed by atoms with Gasteiger partial charge in [-0.3, -0.25) is 0 Å². The molecule has 0 radical (unpaired) electrons. The number of rotatable bonds is 0. The van der Waals surface area contributed by atoms with E-state index in [0.717, 1.165) is 12.0 Å². The van der Waals surface area contributed by atoms with E-state index in [1.807, 2.05) is 0 Å². The van der Waals surface area contributed by atoms with E-state index in [-0.39, 0.29) is 0 Å². The zero-order valence-corrected chi connectivity index (χ0v) is 5.93. The van der Waals surface area contributed by atoms with Crippen molar-refractivity contribution in [3.8, 4) is 0 Å². The lowest BCUT2D eigenvalue weighted by atomic mass is 9.85. The summed E-state index contributed by atoms with van der Waals surface area (Å²) in [5, 5.41) is 3.44. The molecule has 2 atom stereocenters. The number of nitrogens with zero attached hydrogens (tertiary/aromatic N) is 1. The van der Waals surface area contributed by atoms with E-state index in [2.05, 4.69) is 17.3 Å². The Hall–Kier alpha value is -0.0800. The van der Waals surface area contributed by atoms with Crippen LogP contribution in [-0.4, -0.2) is 37.6 Å². The SMILES string of the molecule is CN1CCC2CN[C@H]2C1. The average Bonchev–Trinajstić information content (AvgIpc) is 1.78. The third-order valence-corrected chi connectivity index (χ3v) is 2.60. The monoisotopic (exact) mass is 126 g/mol. The zero-order valence-electron chi connectivity index (χ0n) is 5.93. The van der Waals surface area contributed by atoms with Gasteiger partial charge in [-0.15, -0.1) is 0 Å². The van der Waals surface area contributed by atoms with Crippen LogP contribution in [0.1, 0.15) is 6.42 Å². The summed E-state index contributed by atoms with van der Waals surface area (Å²) >= 11 is 0. The summed E-state index contributed by atoms with van der Waals surface area (Å²) in [5.41, 5.74) is 0. The summed E-state index contributed by atoms with van der Waals surface area (Å²) in [6.07, 6.45) is 1.41. The topological polar surface area (TPSA) is 15.3 Å². The van der Waals surface area contributed by atoms with Crippen molar-refractivity contribution in [3.05, 3.63) is 0 Å². The number of hydrogen-bond acceptors (Lipinski definition) is 2. The van der Waals surface area contributed by atoms with Gasteiger partial charge in [-0.2, -0.15) is 0 Å². The van der Waals surface area contributed by atoms with Crippen LogP contribution in [0.2, 0.25) is 0 Å². The standard InChI is InChI=1S/C7H14N2/c1-9-3-2-6-4-8-7(6)5-9/h6-8H,2-5H2,1H3/t6?,7-/m0/s1. The molecule has 0 aromatic carbocycles. The molecule has 2 rings (SSSR count). The van der Waals surface area contributed by atoms with Crippen molar-refractivity contribution in [2.45, 2.75) is 12.5 Å². The quantitative estimate of drug-likeness (QED) is 0.488. The van der Waals surface area contributed by atoms with Crippen LogP contribution in [0.4, 0.5) is 0 Å². The normalized spacial score (nSPS) is 43.7. The molecule has 2 nitrogen and oxygen atoms in total. The summed E-state index contributed by atoms with van der Waals surface area (Å²) in [6.45, 7) is 3.85. The minimum atomic E-state index is 0.837. The molecule has 2 aliphatic rings. The lowest BCUT2D eigenvalue weighted by Gasteiger charge is -2.45. The largest absolute Gasteiger partial charge is 0.312 e. The van der Waals surface area contributed by atoms with Gasteiger partial charge in [0.15, 0.2) is 0 Å². The smallest absolute Gasteiger partial charge is 0.0235 e. The van der Waals surface area contributed by atoms with Crippen molar-refractivity contribution in [1.82, 2.24) is 10.2 Å². The highest BCUT2D eigenvalue weighted by molar-refractivity contribution is 4.93. The Morgan fingerprint density at radius 1 is 1.56 bits per heavy atom. The summed E-state index contributed by atoms with van der Waals surface area (Å²) < 4.78 is 0. The molecule has 2 heteroatoms. The fraction of sp³-hybridized carbons (Fsp3) is 1.00. The number of likely N-dealkylation sites (N-methyl/N-ethyl adjacent to an activating group) is 1. The van der Waals surface area contributed by atoms with E-state index in [1.165, 1.54) is 26.1 Å². The van der Waals surface area contributed by atoms with Gasteiger partial charge < -0.3 is 10.2 Å². The Balaban J connectivity index is 1.92. The lowest BCUT2D eigenvalue weighted by Crippen LogP contribution is -2.61. The Bertz CT molecular complexity index is 113. The highest BCUT2D eigenvalue weighted by atomic mass is 15.2. The second-order valence-electron chi connectivity index (χ2n) is 3.33. The fourth-order valence-electron chi connectivity index (χ4n) is 1.78. The number of hydrogen-bond donors (Lipinski definition) is 1. The third-order valence-electron chi connectivity index (χ3n) is 2.60. The molecule has 0 aliphatic carbocycles. The van der Waals surface area contributed by atoms with Crippen LogP contribution in [0, 0.1) is 5.92 Å². The second-order valence-corrected chi connectivity index (χ2v) is 3.33. The Kier molecular flexibility index (Phi) is 1.24. The van der Waals surface area contributed by atoms with Gasteiger partial charge in [-0.1, -0.05) is 0 Å². The van der Waals surface area contributed by atoms with Gasteiger partial charge >= 0.3 is 0 Å². The predicted molar refractivity (Wildman–Crippen MR) is 37.4 cm³/mol. The van der Waals surface area contributed by atoms with E-state index in [0.29, 0.717) is 0 Å². The van der Waals surface area contributed by atoms with Gasteiger partial charge in [0.25, 0.3) is 0 Å². The van der Waals surface area contributed by atoms with Crippen molar-refractivity contribution < 1.29 is 0 Å². The Morgan fingerprint density at radius 2 is 2.44 bits per heavy atom. The first-order chi connectivity index (χ1) is 4.36. The summed E-state index contributed by atoms with van der Waals surface area (Å²) in [4.78, 5) is 2.41. The van der Waals surface area contributed by atoms with Gasteiger partial charge in [0.05, 0.1) is 0 Å². The van der Waals surface area contributed by atoms with Gasteiger partial charge in [0, 0.05) is 12.6 Å². The van der Waals surface area contributed by atoms with Crippen LogP contribution in [0.5, 0.6) is 0 Å². The van der Waals surface area contributed by atoms with Crippen LogP contribution in [-0.2, 0) is 0 Å². The molecular formula is C7H14N2. The molecule has 0 amide bonds. The maximum atomic E-state index is 3.44. The summed E-state index contributed by atoms with van der Waals surface area (Å²) in [7, 11) is 2.20. The minimum Gasteiger partial charge on any atom is -0.312 e. The van der Waals surface area contributed by atoms with Crippen molar-refractivity contribution in [2.75, 3.05) is 26.7 Å². The molecule has 2 aliphatic heterocycles. The first-order valence-electron chi connectivity index (χ1n) is 3.78. The molecule has 0 aromatic heterocycles. The molecule has 2 saturated heterocycles. The van der Waals surface area contributed by atoms with E-state index >= 15 is 0 Å². The molecule has 1 unspecified atom stereocenters. The number of piperidine rings is 1. The number of nitrogens with one attached hydrogen (secondary N) is 1. The van der Waals surface area contributed by atoms with Crippen LogP contribution < -0.4 is 5.32 Å². The van der Waals surface area contributed by atoms with E-state index < -0.39 is 0 Å². The first-order valence-corrected chi connectivity index (χ1v) is 3.78. The Morgan fingerprint density at radius 3 is 2.89 bits per heavy atom. The number of fused-ring (bicyclic) bond motifs is 1. The summed E-state index contributed by atoms with van der Waals surface area (Å²) in [6, 6.07) is 0.837. The first kappa shape index (κ1) is 5.69. The van der Waals surface area contributed by atoms with E-state index in [1.54, 1.807) is 0 Å². The van der Waals surface area contributed by atoms with E-state index in [4.69, 9.17) is 0 Å². The van der Waals surface area contributed by atoms with Crippen LogP contribution in [0.15, 0.2) is 0 Å². The molecular weight excluding hydrogens is 112 g/mol. The van der Waals surface area contributed by atoms with Crippen molar-refractivity contribution in [1.29, 1.82) is 0 Å². The molecule has 9 heavy (non-hydrogen) atoms. The number of likely N-dealkylation sites (tertiary alicyclic amines) is 1. The second kappa shape index (κ2) is 1.96. The van der Waals surface area contributed by atoms with Gasteiger partial charge in [-0.05, 0) is 32.5 Å². The van der Waals surface area contributed by atoms with Crippen LogP contribution in [0.3, 0.4) is 0 Å². The molecule has 1 N–H and O–H groups in total. The highest BCUT2D eigenvalue weighted by Crippen LogP contribution is 2.22. The molecule has 52 valence electrons. The highest BCUT2D eigenvalue weighted by Gasteiger charge is 2.33. The van der Waals surface area contributed by atoms with Crippen LogP contribution in [0.25, 0.3) is 0 Å². The third kappa shape index (κ3) is 0.864. The molecule has 0 spiro atoms. The molecule has 0 aromatic rings. The fourth-order valence-corrected chi connectivity index (χ4v) is 1.78. The Labute approximate surface area is 56.2 Å².